The number of nitrogens with one attached hydrogen (secondary N) is 1. The number of aromatic carboxylic acids is 1. The molecule has 5 aromatic rings. The second-order valence-electron chi connectivity index (χ2n) is 8.85. The molecule has 182 valence electrons. The van der Waals surface area contributed by atoms with Crippen molar-refractivity contribution in [2.45, 2.75) is 12.8 Å². The number of rotatable bonds is 9. The summed E-state index contributed by atoms with van der Waals surface area (Å²) in [6.07, 6.45) is 1.86. The summed E-state index contributed by atoms with van der Waals surface area (Å²) in [5, 5.41) is 12.6. The van der Waals surface area contributed by atoms with Crippen LogP contribution in [0, 0.1) is 0 Å². The quantitative estimate of drug-likeness (QED) is 0.221. The summed E-state index contributed by atoms with van der Waals surface area (Å²) >= 11 is 0. The fourth-order valence-electron chi connectivity index (χ4n) is 4.39. The SMILES string of the molecule is O=C(O)c1ccccc1Nc1ccc(CCc2ccc(N(c3ccccc3)c3ccccc3)cc2)cc1. The van der Waals surface area contributed by atoms with Crippen LogP contribution in [0.15, 0.2) is 133 Å². The van der Waals surface area contributed by atoms with Crippen molar-refractivity contribution in [2.75, 3.05) is 10.2 Å². The van der Waals surface area contributed by atoms with Gasteiger partial charge >= 0.3 is 5.97 Å². The molecule has 4 heteroatoms. The molecule has 5 rings (SSSR count). The van der Waals surface area contributed by atoms with Crippen LogP contribution in [0.5, 0.6) is 0 Å². The van der Waals surface area contributed by atoms with Crippen LogP contribution in [0.25, 0.3) is 0 Å². The first kappa shape index (κ1) is 23.9. The van der Waals surface area contributed by atoms with E-state index >= 15 is 0 Å². The van der Waals surface area contributed by atoms with Crippen LogP contribution in [-0.4, -0.2) is 11.1 Å². The van der Waals surface area contributed by atoms with Gasteiger partial charge in [-0.2, -0.15) is 0 Å². The summed E-state index contributed by atoms with van der Waals surface area (Å²) in [4.78, 5) is 13.7. The minimum Gasteiger partial charge on any atom is -0.478 e. The third-order valence-electron chi connectivity index (χ3n) is 6.32. The Kier molecular flexibility index (Phi) is 7.28. The highest BCUT2D eigenvalue weighted by Gasteiger charge is 2.12. The van der Waals surface area contributed by atoms with Gasteiger partial charge in [0.05, 0.1) is 11.3 Å². The zero-order valence-corrected chi connectivity index (χ0v) is 20.4. The zero-order valence-electron chi connectivity index (χ0n) is 20.4. The maximum atomic E-state index is 11.4. The van der Waals surface area contributed by atoms with E-state index in [0.717, 1.165) is 35.6 Å². The summed E-state index contributed by atoms with van der Waals surface area (Å²) in [7, 11) is 0. The molecule has 0 heterocycles. The third kappa shape index (κ3) is 5.88. The predicted molar refractivity (Wildman–Crippen MR) is 152 cm³/mol. The molecule has 2 N–H and O–H groups in total. The lowest BCUT2D eigenvalue weighted by molar-refractivity contribution is 0.0698. The molecule has 0 fully saturated rings. The average Bonchev–Trinajstić information content (AvgIpc) is 2.95. The maximum Gasteiger partial charge on any atom is 0.337 e. The lowest BCUT2D eigenvalue weighted by atomic mass is 10.0. The molecular formula is C33H28N2O2. The van der Waals surface area contributed by atoms with Crippen molar-refractivity contribution in [3.05, 3.63) is 150 Å². The third-order valence-corrected chi connectivity index (χ3v) is 6.32. The molecule has 0 aliphatic carbocycles. The molecule has 0 aromatic heterocycles. The van der Waals surface area contributed by atoms with E-state index in [2.05, 4.69) is 95.1 Å². The number of hydrogen-bond donors (Lipinski definition) is 2. The van der Waals surface area contributed by atoms with E-state index in [0.29, 0.717) is 5.69 Å². The van der Waals surface area contributed by atoms with Crippen LogP contribution in [0.2, 0.25) is 0 Å². The van der Waals surface area contributed by atoms with E-state index in [-0.39, 0.29) is 5.56 Å². The Labute approximate surface area is 217 Å². The summed E-state index contributed by atoms with van der Waals surface area (Å²) in [6.45, 7) is 0. The second-order valence-corrected chi connectivity index (χ2v) is 8.85. The summed E-state index contributed by atoms with van der Waals surface area (Å²) in [5.41, 5.74) is 7.60. The molecule has 5 aromatic carbocycles. The Morgan fingerprint density at radius 2 is 1.03 bits per heavy atom. The molecule has 0 spiro atoms. The monoisotopic (exact) mass is 484 g/mol. The van der Waals surface area contributed by atoms with Gasteiger partial charge in [0.2, 0.25) is 0 Å². The number of benzene rings is 5. The fourth-order valence-corrected chi connectivity index (χ4v) is 4.39. The molecule has 0 unspecified atom stereocenters. The smallest absolute Gasteiger partial charge is 0.337 e. The Hall–Kier alpha value is -4.83. The van der Waals surface area contributed by atoms with Crippen LogP contribution in [-0.2, 0) is 12.8 Å². The number of para-hydroxylation sites is 3. The highest BCUT2D eigenvalue weighted by atomic mass is 16.4. The second kappa shape index (κ2) is 11.3. The maximum absolute atomic E-state index is 11.4. The van der Waals surface area contributed by atoms with Crippen LogP contribution in [0.4, 0.5) is 28.4 Å². The standard InChI is InChI=1S/C33H28N2O2/c36-33(37)31-13-7-8-14-32(31)34-27-21-17-25(18-22-27)15-16-26-19-23-30(24-20-26)35(28-9-3-1-4-10-28)29-11-5-2-6-12-29/h1-14,17-24,34H,15-16H2,(H,36,37). The lowest BCUT2D eigenvalue weighted by Crippen LogP contribution is -2.09. The van der Waals surface area contributed by atoms with Crippen LogP contribution >= 0.6 is 0 Å². The summed E-state index contributed by atoms with van der Waals surface area (Å²) < 4.78 is 0. The molecule has 37 heavy (non-hydrogen) atoms. The molecule has 4 nitrogen and oxygen atoms in total. The molecule has 0 amide bonds. The van der Waals surface area contributed by atoms with Crippen LogP contribution < -0.4 is 10.2 Å². The molecular weight excluding hydrogens is 456 g/mol. The van der Waals surface area contributed by atoms with Gasteiger partial charge < -0.3 is 15.3 Å². The van der Waals surface area contributed by atoms with E-state index in [1.165, 1.54) is 11.1 Å². The largest absolute Gasteiger partial charge is 0.478 e. The first-order chi connectivity index (χ1) is 18.2. The van der Waals surface area contributed by atoms with Gasteiger partial charge in [0.1, 0.15) is 0 Å². The summed E-state index contributed by atoms with van der Waals surface area (Å²) in [6, 6.07) is 44.7. The Morgan fingerprint density at radius 3 is 1.57 bits per heavy atom. The Balaban J connectivity index is 1.25. The zero-order chi connectivity index (χ0) is 25.5. The molecule has 0 radical (unpaired) electrons. The van der Waals surface area contributed by atoms with Gasteiger partial charge in [-0.3, -0.25) is 0 Å². The van der Waals surface area contributed by atoms with Gasteiger partial charge in [0.25, 0.3) is 0 Å². The number of carboxylic acid groups (broad SMARTS) is 1. The molecule has 0 aliphatic rings. The minimum absolute atomic E-state index is 0.258. The molecule has 0 saturated heterocycles. The normalized spacial score (nSPS) is 10.6. The molecule has 0 saturated carbocycles. The number of carboxylic acids is 1. The van der Waals surface area contributed by atoms with Gasteiger partial charge in [-0.25, -0.2) is 4.79 Å². The van der Waals surface area contributed by atoms with Crippen molar-refractivity contribution in [1.29, 1.82) is 0 Å². The highest BCUT2D eigenvalue weighted by molar-refractivity contribution is 5.95. The van der Waals surface area contributed by atoms with Gasteiger partial charge in [-0.05, 0) is 84.6 Å². The van der Waals surface area contributed by atoms with E-state index < -0.39 is 5.97 Å². The van der Waals surface area contributed by atoms with E-state index in [4.69, 9.17) is 0 Å². The molecule has 0 atom stereocenters. The number of carbonyl (C=O) groups is 1. The van der Waals surface area contributed by atoms with Gasteiger partial charge in [0.15, 0.2) is 0 Å². The molecule has 0 aliphatic heterocycles. The van der Waals surface area contributed by atoms with Crippen LogP contribution in [0.3, 0.4) is 0 Å². The first-order valence-electron chi connectivity index (χ1n) is 12.3. The highest BCUT2D eigenvalue weighted by Crippen LogP contribution is 2.34. The Morgan fingerprint density at radius 1 is 0.568 bits per heavy atom. The van der Waals surface area contributed by atoms with Crippen molar-refractivity contribution in [3.63, 3.8) is 0 Å². The molecule has 0 bridgehead atoms. The number of anilines is 5. The number of nitrogens with zero attached hydrogens (tertiary/aromatic N) is 1. The van der Waals surface area contributed by atoms with Crippen molar-refractivity contribution in [1.82, 2.24) is 0 Å². The predicted octanol–water partition coefficient (Wildman–Crippen LogP) is 8.38. The van der Waals surface area contributed by atoms with Gasteiger partial charge in [0, 0.05) is 22.7 Å². The van der Waals surface area contributed by atoms with Crippen molar-refractivity contribution in [3.8, 4) is 0 Å². The minimum atomic E-state index is -0.943. The summed E-state index contributed by atoms with van der Waals surface area (Å²) in [5.74, 6) is -0.943. The van der Waals surface area contributed by atoms with Crippen molar-refractivity contribution >= 4 is 34.4 Å². The van der Waals surface area contributed by atoms with E-state index in [1.807, 2.05) is 30.3 Å². The lowest BCUT2D eigenvalue weighted by Gasteiger charge is -2.25. The van der Waals surface area contributed by atoms with E-state index in [1.54, 1.807) is 18.2 Å². The Bertz CT molecular complexity index is 1410. The number of hydrogen-bond acceptors (Lipinski definition) is 3. The first-order valence-corrected chi connectivity index (χ1v) is 12.3. The number of aryl methyl sites for hydroxylation is 2. The van der Waals surface area contributed by atoms with Gasteiger partial charge in [-0.1, -0.05) is 72.8 Å². The fraction of sp³-hybridized carbons (Fsp3) is 0.0606. The van der Waals surface area contributed by atoms with Crippen molar-refractivity contribution < 1.29 is 9.90 Å². The van der Waals surface area contributed by atoms with Gasteiger partial charge in [-0.15, -0.1) is 0 Å². The average molecular weight is 485 g/mol. The van der Waals surface area contributed by atoms with E-state index in [9.17, 15) is 9.90 Å². The van der Waals surface area contributed by atoms with Crippen molar-refractivity contribution in [2.24, 2.45) is 0 Å². The van der Waals surface area contributed by atoms with Crippen LogP contribution in [0.1, 0.15) is 21.5 Å². The topological polar surface area (TPSA) is 52.6 Å².